The van der Waals surface area contributed by atoms with E-state index in [-0.39, 0.29) is 0 Å². The summed E-state index contributed by atoms with van der Waals surface area (Å²) in [5, 5.41) is 5.60. The van der Waals surface area contributed by atoms with Gasteiger partial charge in [-0.2, -0.15) is 0 Å². The Morgan fingerprint density at radius 1 is 0.724 bits per heavy atom. The molecule has 0 bridgehead atoms. The van der Waals surface area contributed by atoms with Gasteiger partial charge in [-0.15, -0.1) is 0 Å². The van der Waals surface area contributed by atoms with E-state index in [0.29, 0.717) is 28.7 Å². The summed E-state index contributed by atoms with van der Waals surface area (Å²) in [5.74, 6) is 1.49. The molecule has 0 aliphatic rings. The number of amidine groups is 1. The van der Waals surface area contributed by atoms with Crippen molar-refractivity contribution in [1.29, 1.82) is 0 Å². The van der Waals surface area contributed by atoms with Gasteiger partial charge in [-0.25, -0.2) is 9.79 Å². The second-order valence-corrected chi connectivity index (χ2v) is 6.27. The fourth-order valence-electron chi connectivity index (χ4n) is 2.79. The lowest BCUT2D eigenvalue weighted by molar-refractivity contribution is 0.256. The fourth-order valence-corrected chi connectivity index (χ4v) is 2.79. The lowest BCUT2D eigenvalue weighted by Crippen LogP contribution is -2.34. The largest absolute Gasteiger partial charge is 0.453 e. The molecule has 0 saturated carbocycles. The summed E-state index contributed by atoms with van der Waals surface area (Å²) < 4.78 is 5.98. The number of para-hydroxylation sites is 2. The average molecular weight is 381 g/mol. The first kappa shape index (κ1) is 18.3. The molecule has 5 nitrogen and oxygen atoms in total. The molecule has 0 spiro atoms. The Bertz CT molecular complexity index is 1100. The molecule has 0 aliphatic carbocycles. The van der Waals surface area contributed by atoms with Crippen molar-refractivity contribution in [2.24, 2.45) is 4.99 Å². The van der Waals surface area contributed by atoms with Gasteiger partial charge in [-0.3, -0.25) is 5.32 Å². The van der Waals surface area contributed by atoms with Crippen LogP contribution < -0.4 is 10.6 Å². The average Bonchev–Trinajstić information content (AvgIpc) is 3.26. The molecule has 29 heavy (non-hydrogen) atoms. The molecule has 2 N–H and O–H groups in total. The molecule has 0 radical (unpaired) electrons. The Morgan fingerprint density at radius 2 is 1.34 bits per heavy atom. The van der Waals surface area contributed by atoms with Crippen molar-refractivity contribution in [2.75, 3.05) is 5.32 Å². The standard InChI is InChI=1S/C24H19N3O2/c28-24(26-20-14-8-3-9-15-20)27-23(25-19-12-6-2-7-13-19)22-17-16-21(29-22)18-10-4-1-5-11-18/h1-17H,(H2,25,26,27,28). The van der Waals surface area contributed by atoms with Crippen LogP contribution in [0.5, 0.6) is 0 Å². The van der Waals surface area contributed by atoms with E-state index >= 15 is 0 Å². The highest BCUT2D eigenvalue weighted by Gasteiger charge is 2.14. The summed E-state index contributed by atoms with van der Waals surface area (Å²) >= 11 is 0. The summed E-state index contributed by atoms with van der Waals surface area (Å²) in [5.41, 5.74) is 2.35. The number of benzene rings is 3. The van der Waals surface area contributed by atoms with E-state index in [1.807, 2.05) is 97.1 Å². The minimum atomic E-state index is -0.399. The van der Waals surface area contributed by atoms with Crippen molar-refractivity contribution in [1.82, 2.24) is 5.32 Å². The van der Waals surface area contributed by atoms with Crippen LogP contribution in [0.1, 0.15) is 5.76 Å². The van der Waals surface area contributed by atoms with Crippen LogP contribution in [-0.2, 0) is 0 Å². The smallest absolute Gasteiger partial charge is 0.324 e. The minimum absolute atomic E-state index is 0.326. The van der Waals surface area contributed by atoms with Crippen LogP contribution in [0.25, 0.3) is 11.3 Å². The molecular formula is C24H19N3O2. The first-order chi connectivity index (χ1) is 14.3. The molecule has 4 aromatic rings. The highest BCUT2D eigenvalue weighted by atomic mass is 16.3. The first-order valence-corrected chi connectivity index (χ1v) is 9.20. The molecule has 0 aliphatic heterocycles. The van der Waals surface area contributed by atoms with Crippen LogP contribution in [0, 0.1) is 0 Å². The number of nitrogens with one attached hydrogen (secondary N) is 2. The van der Waals surface area contributed by atoms with Gasteiger partial charge in [0.2, 0.25) is 0 Å². The number of furan rings is 1. The summed E-state index contributed by atoms with van der Waals surface area (Å²) in [6, 6.07) is 31.7. The SMILES string of the molecule is O=C(NC(=Nc1ccccc1)c1ccc(-c2ccccc2)o1)Nc1ccccc1. The molecule has 1 aromatic heterocycles. The van der Waals surface area contributed by atoms with Gasteiger partial charge in [-0.05, 0) is 36.4 Å². The van der Waals surface area contributed by atoms with Gasteiger partial charge < -0.3 is 9.73 Å². The Hall–Kier alpha value is -4.12. The van der Waals surface area contributed by atoms with Gasteiger partial charge in [-0.1, -0.05) is 66.7 Å². The highest BCUT2D eigenvalue weighted by molar-refractivity contribution is 6.10. The van der Waals surface area contributed by atoms with Gasteiger partial charge in [0.05, 0.1) is 5.69 Å². The molecule has 0 atom stereocenters. The Morgan fingerprint density at radius 3 is 2.03 bits per heavy atom. The van der Waals surface area contributed by atoms with E-state index in [1.54, 1.807) is 6.07 Å². The van der Waals surface area contributed by atoms with Gasteiger partial charge in [0.1, 0.15) is 5.76 Å². The summed E-state index contributed by atoms with van der Waals surface area (Å²) in [7, 11) is 0. The van der Waals surface area contributed by atoms with Crippen molar-refractivity contribution in [3.63, 3.8) is 0 Å². The van der Waals surface area contributed by atoms with Crippen LogP contribution in [0.4, 0.5) is 16.2 Å². The molecule has 0 fully saturated rings. The van der Waals surface area contributed by atoms with Crippen LogP contribution >= 0.6 is 0 Å². The van der Waals surface area contributed by atoms with Gasteiger partial charge in [0.15, 0.2) is 11.6 Å². The molecule has 142 valence electrons. The van der Waals surface area contributed by atoms with E-state index in [4.69, 9.17) is 4.42 Å². The van der Waals surface area contributed by atoms with E-state index < -0.39 is 6.03 Å². The number of aliphatic imine (C=N–C) groups is 1. The molecule has 2 amide bonds. The maximum absolute atomic E-state index is 12.5. The third-order valence-electron chi connectivity index (χ3n) is 4.16. The van der Waals surface area contributed by atoms with E-state index in [0.717, 1.165) is 5.56 Å². The third-order valence-corrected chi connectivity index (χ3v) is 4.16. The normalized spacial score (nSPS) is 11.1. The number of amides is 2. The zero-order valence-electron chi connectivity index (χ0n) is 15.6. The number of anilines is 1. The minimum Gasteiger partial charge on any atom is -0.453 e. The number of urea groups is 1. The third kappa shape index (κ3) is 4.78. The molecule has 1 heterocycles. The van der Waals surface area contributed by atoms with Crippen molar-refractivity contribution >= 4 is 23.2 Å². The summed E-state index contributed by atoms with van der Waals surface area (Å²) in [6.45, 7) is 0. The number of hydrogen-bond acceptors (Lipinski definition) is 3. The first-order valence-electron chi connectivity index (χ1n) is 9.20. The topological polar surface area (TPSA) is 66.6 Å². The predicted molar refractivity (Wildman–Crippen MR) is 115 cm³/mol. The molecule has 0 saturated heterocycles. The summed E-state index contributed by atoms with van der Waals surface area (Å²) in [6.07, 6.45) is 0. The predicted octanol–water partition coefficient (Wildman–Crippen LogP) is 5.85. The zero-order valence-corrected chi connectivity index (χ0v) is 15.6. The Kier molecular flexibility index (Phi) is 5.48. The van der Waals surface area contributed by atoms with Gasteiger partial charge in [0.25, 0.3) is 0 Å². The second-order valence-electron chi connectivity index (χ2n) is 6.27. The number of carbonyl (C=O) groups excluding carboxylic acids is 1. The second kappa shape index (κ2) is 8.71. The lowest BCUT2D eigenvalue weighted by Gasteiger charge is -2.09. The van der Waals surface area contributed by atoms with Crippen molar-refractivity contribution in [2.45, 2.75) is 0 Å². The summed E-state index contributed by atoms with van der Waals surface area (Å²) in [4.78, 5) is 17.1. The van der Waals surface area contributed by atoms with Crippen LogP contribution in [0.15, 0.2) is 113 Å². The number of nitrogens with zero attached hydrogens (tertiary/aromatic N) is 1. The molecule has 0 unspecified atom stereocenters. The monoisotopic (exact) mass is 381 g/mol. The van der Waals surface area contributed by atoms with Gasteiger partial charge >= 0.3 is 6.03 Å². The van der Waals surface area contributed by atoms with Gasteiger partial charge in [0, 0.05) is 11.3 Å². The van der Waals surface area contributed by atoms with Crippen LogP contribution in [-0.4, -0.2) is 11.9 Å². The highest BCUT2D eigenvalue weighted by Crippen LogP contribution is 2.23. The zero-order chi connectivity index (χ0) is 19.9. The maximum Gasteiger partial charge on any atom is 0.324 e. The number of carbonyl (C=O) groups is 1. The molecule has 5 heteroatoms. The van der Waals surface area contributed by atoms with Crippen molar-refractivity contribution in [3.8, 4) is 11.3 Å². The van der Waals surface area contributed by atoms with E-state index in [1.165, 1.54) is 0 Å². The molecule has 3 aromatic carbocycles. The Labute approximate surface area is 168 Å². The number of rotatable bonds is 4. The van der Waals surface area contributed by atoms with E-state index in [2.05, 4.69) is 15.6 Å². The van der Waals surface area contributed by atoms with E-state index in [9.17, 15) is 4.79 Å². The maximum atomic E-state index is 12.5. The molecule has 4 rings (SSSR count). The Balaban J connectivity index is 1.62. The molecular weight excluding hydrogens is 362 g/mol. The van der Waals surface area contributed by atoms with Crippen LogP contribution in [0.2, 0.25) is 0 Å². The van der Waals surface area contributed by atoms with Crippen LogP contribution in [0.3, 0.4) is 0 Å². The quantitative estimate of drug-likeness (QED) is 0.344. The fraction of sp³-hybridized carbons (Fsp3) is 0. The van der Waals surface area contributed by atoms with Crippen molar-refractivity contribution < 1.29 is 9.21 Å². The number of hydrogen-bond donors (Lipinski definition) is 2. The van der Waals surface area contributed by atoms with Crippen molar-refractivity contribution in [3.05, 3.63) is 109 Å². The lowest BCUT2D eigenvalue weighted by atomic mass is 10.2.